The van der Waals surface area contributed by atoms with Gasteiger partial charge in [-0.1, -0.05) is 36.4 Å². The summed E-state index contributed by atoms with van der Waals surface area (Å²) in [6.45, 7) is 0.146. The predicted molar refractivity (Wildman–Crippen MR) is 92.7 cm³/mol. The van der Waals surface area contributed by atoms with Gasteiger partial charge in [0.05, 0.1) is 26.0 Å². The normalized spacial score (nSPS) is 11.5. The second kappa shape index (κ2) is 8.79. The monoisotopic (exact) mass is 330 g/mol. The fraction of sp³-hybridized carbons (Fsp3) is 0.278. The van der Waals surface area contributed by atoms with Gasteiger partial charge in [-0.25, -0.2) is 4.79 Å². The number of carbonyl (C=O) groups is 1. The lowest BCUT2D eigenvalue weighted by molar-refractivity contribution is 0.172. The van der Waals surface area contributed by atoms with Crippen molar-refractivity contribution in [2.24, 2.45) is 0 Å². The first kappa shape index (κ1) is 17.6. The molecular weight excluding hydrogens is 308 g/mol. The lowest BCUT2D eigenvalue weighted by Crippen LogP contribution is -2.36. The Morgan fingerprint density at radius 3 is 2.50 bits per heavy atom. The molecule has 0 heterocycles. The summed E-state index contributed by atoms with van der Waals surface area (Å²) in [4.78, 5) is 12.0. The molecule has 6 nitrogen and oxygen atoms in total. The molecule has 0 aliphatic heterocycles. The van der Waals surface area contributed by atoms with Crippen molar-refractivity contribution in [3.05, 3.63) is 54.1 Å². The minimum absolute atomic E-state index is 0.146. The van der Waals surface area contributed by atoms with Crippen molar-refractivity contribution in [2.45, 2.75) is 12.5 Å². The Balaban J connectivity index is 1.87. The van der Waals surface area contributed by atoms with Crippen LogP contribution >= 0.6 is 0 Å². The van der Waals surface area contributed by atoms with Crippen molar-refractivity contribution in [1.82, 2.24) is 5.32 Å². The maximum Gasteiger partial charge on any atom is 0.319 e. The van der Waals surface area contributed by atoms with Gasteiger partial charge < -0.3 is 25.2 Å². The van der Waals surface area contributed by atoms with Crippen LogP contribution in [0.15, 0.2) is 48.5 Å². The first-order valence-electron chi connectivity index (χ1n) is 7.62. The number of hydrogen-bond acceptors (Lipinski definition) is 4. The number of rotatable bonds is 7. The number of para-hydroxylation sites is 1. The van der Waals surface area contributed by atoms with Crippen molar-refractivity contribution >= 4 is 11.7 Å². The second-order valence-corrected chi connectivity index (χ2v) is 5.22. The molecule has 0 saturated carbocycles. The molecular formula is C18H22N2O4. The molecule has 24 heavy (non-hydrogen) atoms. The van der Waals surface area contributed by atoms with E-state index in [1.807, 2.05) is 30.3 Å². The van der Waals surface area contributed by atoms with Crippen molar-refractivity contribution in [2.75, 3.05) is 26.1 Å². The molecule has 0 aliphatic carbocycles. The Labute approximate surface area is 141 Å². The molecule has 128 valence electrons. The minimum Gasteiger partial charge on any atom is -0.493 e. The molecule has 6 heteroatoms. The zero-order valence-electron chi connectivity index (χ0n) is 13.8. The standard InChI is InChI=1S/C18H22N2O4/c1-23-16-10-6-9-15(17(16)24-2)20-18(22)19-12-14(21)11-13-7-4-3-5-8-13/h3-10,14,21H,11-12H2,1-2H3,(H2,19,20,22). The van der Waals surface area contributed by atoms with E-state index in [0.717, 1.165) is 5.56 Å². The summed E-state index contributed by atoms with van der Waals surface area (Å²) in [5, 5.41) is 15.3. The third kappa shape index (κ3) is 4.89. The Morgan fingerprint density at radius 1 is 1.08 bits per heavy atom. The van der Waals surface area contributed by atoms with Crippen LogP contribution < -0.4 is 20.1 Å². The Bertz CT molecular complexity index is 661. The van der Waals surface area contributed by atoms with Gasteiger partial charge in [-0.2, -0.15) is 0 Å². The molecule has 2 amide bonds. The zero-order valence-corrected chi connectivity index (χ0v) is 13.8. The number of aliphatic hydroxyl groups is 1. The molecule has 1 unspecified atom stereocenters. The number of methoxy groups -OCH3 is 2. The third-order valence-corrected chi connectivity index (χ3v) is 3.46. The molecule has 0 radical (unpaired) electrons. The van der Waals surface area contributed by atoms with Gasteiger partial charge in [0.1, 0.15) is 0 Å². The van der Waals surface area contributed by atoms with Crippen molar-refractivity contribution < 1.29 is 19.4 Å². The molecule has 0 spiro atoms. The van der Waals surface area contributed by atoms with Crippen LogP contribution in [0.1, 0.15) is 5.56 Å². The van der Waals surface area contributed by atoms with Gasteiger partial charge in [0.25, 0.3) is 0 Å². The van der Waals surface area contributed by atoms with E-state index >= 15 is 0 Å². The highest BCUT2D eigenvalue weighted by atomic mass is 16.5. The summed E-state index contributed by atoms with van der Waals surface area (Å²) in [6.07, 6.45) is -0.186. The van der Waals surface area contributed by atoms with Crippen molar-refractivity contribution in [3.8, 4) is 11.5 Å². The van der Waals surface area contributed by atoms with E-state index < -0.39 is 12.1 Å². The fourth-order valence-corrected chi connectivity index (χ4v) is 2.32. The molecule has 2 aromatic carbocycles. The Hall–Kier alpha value is -2.73. The SMILES string of the molecule is COc1cccc(NC(=O)NCC(O)Cc2ccccc2)c1OC. The quantitative estimate of drug-likeness (QED) is 0.728. The highest BCUT2D eigenvalue weighted by molar-refractivity contribution is 5.91. The third-order valence-electron chi connectivity index (χ3n) is 3.46. The van der Waals surface area contributed by atoms with E-state index in [9.17, 15) is 9.90 Å². The summed E-state index contributed by atoms with van der Waals surface area (Å²) in [6, 6.07) is 14.4. The van der Waals surface area contributed by atoms with Crippen LogP contribution in [0.4, 0.5) is 10.5 Å². The highest BCUT2D eigenvalue weighted by Crippen LogP contribution is 2.34. The van der Waals surface area contributed by atoms with E-state index in [2.05, 4.69) is 10.6 Å². The summed E-state index contributed by atoms with van der Waals surface area (Å²) in [5.41, 5.74) is 1.51. The van der Waals surface area contributed by atoms with E-state index in [1.165, 1.54) is 14.2 Å². The van der Waals surface area contributed by atoms with Crippen LogP contribution in [0.2, 0.25) is 0 Å². The summed E-state index contributed by atoms with van der Waals surface area (Å²) in [5.74, 6) is 0.972. The largest absolute Gasteiger partial charge is 0.493 e. The van der Waals surface area contributed by atoms with E-state index in [0.29, 0.717) is 23.6 Å². The lowest BCUT2D eigenvalue weighted by Gasteiger charge is -2.15. The minimum atomic E-state index is -0.662. The molecule has 0 aliphatic rings. The smallest absolute Gasteiger partial charge is 0.319 e. The number of amides is 2. The average Bonchev–Trinajstić information content (AvgIpc) is 2.60. The topological polar surface area (TPSA) is 79.8 Å². The second-order valence-electron chi connectivity index (χ2n) is 5.22. The number of ether oxygens (including phenoxy) is 2. The maximum atomic E-state index is 12.0. The number of carbonyl (C=O) groups excluding carboxylic acids is 1. The Morgan fingerprint density at radius 2 is 1.83 bits per heavy atom. The van der Waals surface area contributed by atoms with Crippen LogP contribution in [0.3, 0.4) is 0 Å². The average molecular weight is 330 g/mol. The van der Waals surface area contributed by atoms with Gasteiger partial charge in [0.15, 0.2) is 11.5 Å². The van der Waals surface area contributed by atoms with Crippen LogP contribution in [0.5, 0.6) is 11.5 Å². The van der Waals surface area contributed by atoms with Crippen molar-refractivity contribution in [3.63, 3.8) is 0 Å². The molecule has 2 aromatic rings. The summed E-state index contributed by atoms with van der Waals surface area (Å²) < 4.78 is 10.4. The number of hydrogen-bond donors (Lipinski definition) is 3. The molecule has 2 rings (SSSR count). The van der Waals surface area contributed by atoms with Gasteiger partial charge in [-0.3, -0.25) is 0 Å². The molecule has 0 bridgehead atoms. The predicted octanol–water partition coefficient (Wildman–Crippen LogP) is 2.43. The van der Waals surface area contributed by atoms with Gasteiger partial charge >= 0.3 is 6.03 Å². The van der Waals surface area contributed by atoms with Gasteiger partial charge in [-0.15, -0.1) is 0 Å². The number of urea groups is 1. The molecule has 1 atom stereocenters. The summed E-state index contributed by atoms with van der Waals surface area (Å²) in [7, 11) is 3.03. The summed E-state index contributed by atoms with van der Waals surface area (Å²) >= 11 is 0. The maximum absolute atomic E-state index is 12.0. The number of anilines is 1. The first-order chi connectivity index (χ1) is 11.6. The highest BCUT2D eigenvalue weighted by Gasteiger charge is 2.13. The van der Waals surface area contributed by atoms with Gasteiger partial charge in [0.2, 0.25) is 0 Å². The molecule has 3 N–H and O–H groups in total. The zero-order chi connectivity index (χ0) is 17.4. The Kier molecular flexibility index (Phi) is 6.45. The molecule has 0 aromatic heterocycles. The van der Waals surface area contributed by atoms with Crippen molar-refractivity contribution in [1.29, 1.82) is 0 Å². The van der Waals surface area contributed by atoms with Crippen LogP contribution in [0.25, 0.3) is 0 Å². The number of nitrogens with one attached hydrogen (secondary N) is 2. The number of aliphatic hydroxyl groups excluding tert-OH is 1. The molecule has 0 saturated heterocycles. The number of benzene rings is 2. The van der Waals surface area contributed by atoms with E-state index in [4.69, 9.17) is 9.47 Å². The van der Waals surface area contributed by atoms with Crippen LogP contribution in [-0.2, 0) is 6.42 Å². The van der Waals surface area contributed by atoms with E-state index in [1.54, 1.807) is 18.2 Å². The fourth-order valence-electron chi connectivity index (χ4n) is 2.32. The van der Waals surface area contributed by atoms with Crippen LogP contribution in [-0.4, -0.2) is 38.0 Å². The van der Waals surface area contributed by atoms with Gasteiger partial charge in [0, 0.05) is 13.0 Å². The van der Waals surface area contributed by atoms with Gasteiger partial charge in [-0.05, 0) is 17.7 Å². The van der Waals surface area contributed by atoms with E-state index in [-0.39, 0.29) is 6.54 Å². The lowest BCUT2D eigenvalue weighted by atomic mass is 10.1. The van der Waals surface area contributed by atoms with Crippen LogP contribution in [0, 0.1) is 0 Å². The first-order valence-corrected chi connectivity index (χ1v) is 7.62. The molecule has 0 fully saturated rings.